The van der Waals surface area contributed by atoms with Crippen LogP contribution in [-0.2, 0) is 9.59 Å². The number of rotatable bonds is 7. The molecule has 2 aliphatic rings. The molecule has 2 saturated heterocycles. The lowest BCUT2D eigenvalue weighted by Crippen LogP contribution is -2.52. The lowest BCUT2D eigenvalue weighted by molar-refractivity contribution is -0.136. The third kappa shape index (κ3) is 6.29. The number of amides is 2. The molecule has 2 amide bonds. The van der Waals surface area contributed by atoms with Crippen molar-refractivity contribution in [2.45, 2.75) is 39.0 Å². The summed E-state index contributed by atoms with van der Waals surface area (Å²) < 4.78 is 5.60. The van der Waals surface area contributed by atoms with Crippen molar-refractivity contribution in [1.82, 2.24) is 14.7 Å². The van der Waals surface area contributed by atoms with E-state index in [4.69, 9.17) is 4.74 Å². The zero-order valence-corrected chi connectivity index (χ0v) is 18.0. The molecule has 2 fully saturated rings. The van der Waals surface area contributed by atoms with Gasteiger partial charge in [0.05, 0.1) is 6.54 Å². The van der Waals surface area contributed by atoms with E-state index in [1.807, 2.05) is 11.8 Å². The van der Waals surface area contributed by atoms with Crippen molar-refractivity contribution in [2.24, 2.45) is 0 Å². The molecular formula is C23H33N3O4. The van der Waals surface area contributed by atoms with Gasteiger partial charge >= 0.3 is 0 Å². The minimum atomic E-state index is -0.0535. The van der Waals surface area contributed by atoms with E-state index in [0.29, 0.717) is 50.5 Å². The van der Waals surface area contributed by atoms with Crippen molar-refractivity contribution < 1.29 is 19.1 Å². The molecule has 0 spiro atoms. The van der Waals surface area contributed by atoms with Crippen LogP contribution in [0.3, 0.4) is 0 Å². The smallest absolute Gasteiger partial charge is 0.260 e. The second-order valence-corrected chi connectivity index (χ2v) is 8.04. The first-order valence-corrected chi connectivity index (χ1v) is 11.1. The average molecular weight is 416 g/mol. The van der Waals surface area contributed by atoms with Crippen molar-refractivity contribution in [3.63, 3.8) is 0 Å². The Bertz CT molecular complexity index is 718. The van der Waals surface area contributed by atoms with Crippen LogP contribution in [0.4, 0.5) is 0 Å². The van der Waals surface area contributed by atoms with Crippen LogP contribution in [0.5, 0.6) is 5.75 Å². The molecule has 7 heteroatoms. The Morgan fingerprint density at radius 2 is 1.40 bits per heavy atom. The summed E-state index contributed by atoms with van der Waals surface area (Å²) in [7, 11) is 0. The third-order valence-electron chi connectivity index (χ3n) is 5.90. The summed E-state index contributed by atoms with van der Waals surface area (Å²) >= 11 is 0. The molecule has 1 aromatic carbocycles. The molecule has 0 saturated carbocycles. The molecule has 0 aromatic heterocycles. The lowest BCUT2D eigenvalue weighted by Gasteiger charge is -2.35. The van der Waals surface area contributed by atoms with Gasteiger partial charge in [0.15, 0.2) is 12.4 Å². The number of Topliss-reactive ketones (excluding diaryl/α,β-unsaturated/α-hetero) is 1. The van der Waals surface area contributed by atoms with E-state index >= 15 is 0 Å². The molecule has 164 valence electrons. The van der Waals surface area contributed by atoms with Gasteiger partial charge in [-0.25, -0.2) is 0 Å². The summed E-state index contributed by atoms with van der Waals surface area (Å²) in [6.07, 6.45) is 5.10. The van der Waals surface area contributed by atoms with Crippen LogP contribution in [0, 0.1) is 0 Å². The van der Waals surface area contributed by atoms with Crippen molar-refractivity contribution >= 4 is 17.6 Å². The zero-order valence-electron chi connectivity index (χ0n) is 18.0. The maximum Gasteiger partial charge on any atom is 0.260 e. The fourth-order valence-electron chi connectivity index (χ4n) is 3.94. The van der Waals surface area contributed by atoms with Crippen LogP contribution in [0.2, 0.25) is 0 Å². The summed E-state index contributed by atoms with van der Waals surface area (Å²) in [6.45, 7) is 6.65. The minimum absolute atomic E-state index is 0.0201. The van der Waals surface area contributed by atoms with Crippen molar-refractivity contribution in [1.29, 1.82) is 0 Å². The second kappa shape index (κ2) is 11.1. The van der Waals surface area contributed by atoms with Crippen LogP contribution in [-0.4, -0.2) is 84.7 Å². The Balaban J connectivity index is 1.38. The first-order valence-electron chi connectivity index (χ1n) is 11.1. The number of piperazine rings is 1. The van der Waals surface area contributed by atoms with E-state index in [0.717, 1.165) is 25.9 Å². The monoisotopic (exact) mass is 415 g/mol. The number of carbonyl (C=O) groups is 3. The standard InChI is InChI=1S/C23H33N3O4/c1-2-21(27)19-7-9-20(10-8-19)30-18-23(29)26-15-13-24(14-16-26)17-22(28)25-11-5-3-4-6-12-25/h7-10H,2-6,11-18H2,1H3. The predicted octanol–water partition coefficient (Wildman–Crippen LogP) is 2.20. The number of carbonyl (C=O) groups excluding carboxylic acids is 3. The highest BCUT2D eigenvalue weighted by molar-refractivity contribution is 5.95. The number of likely N-dealkylation sites (tertiary alicyclic amines) is 1. The topological polar surface area (TPSA) is 70.2 Å². The van der Waals surface area contributed by atoms with Gasteiger partial charge in [0.2, 0.25) is 5.91 Å². The van der Waals surface area contributed by atoms with Crippen molar-refractivity contribution in [3.8, 4) is 5.75 Å². The second-order valence-electron chi connectivity index (χ2n) is 8.04. The van der Waals surface area contributed by atoms with Gasteiger partial charge in [-0.15, -0.1) is 0 Å². The molecule has 0 unspecified atom stereocenters. The maximum absolute atomic E-state index is 12.5. The number of ether oxygens (including phenoxy) is 1. The molecule has 2 heterocycles. The summed E-state index contributed by atoms with van der Waals surface area (Å²) in [4.78, 5) is 42.6. The quantitative estimate of drug-likeness (QED) is 0.639. The predicted molar refractivity (Wildman–Crippen MR) is 115 cm³/mol. The lowest BCUT2D eigenvalue weighted by atomic mass is 10.1. The summed E-state index contributed by atoms with van der Waals surface area (Å²) in [5.74, 6) is 0.828. The molecule has 0 atom stereocenters. The van der Waals surface area contributed by atoms with Crippen LogP contribution >= 0.6 is 0 Å². The van der Waals surface area contributed by atoms with Gasteiger partial charge in [0, 0.05) is 51.3 Å². The zero-order chi connectivity index (χ0) is 21.3. The maximum atomic E-state index is 12.5. The van der Waals surface area contributed by atoms with Crippen molar-refractivity contribution in [2.75, 3.05) is 52.4 Å². The molecule has 30 heavy (non-hydrogen) atoms. The Labute approximate surface area is 179 Å². The number of nitrogens with zero attached hydrogens (tertiary/aromatic N) is 3. The number of hydrogen-bond donors (Lipinski definition) is 0. The van der Waals surface area contributed by atoms with Gasteiger partial charge in [-0.1, -0.05) is 19.8 Å². The van der Waals surface area contributed by atoms with Gasteiger partial charge in [-0.05, 0) is 37.1 Å². The molecule has 0 N–H and O–H groups in total. The Kier molecular flexibility index (Phi) is 8.25. The normalized spacial score (nSPS) is 18.0. The molecule has 7 nitrogen and oxygen atoms in total. The highest BCUT2D eigenvalue weighted by Crippen LogP contribution is 2.14. The van der Waals surface area contributed by atoms with Crippen LogP contribution in [0.15, 0.2) is 24.3 Å². The first kappa shape index (κ1) is 22.3. The van der Waals surface area contributed by atoms with Crippen LogP contribution in [0.1, 0.15) is 49.4 Å². The van der Waals surface area contributed by atoms with Gasteiger partial charge in [-0.3, -0.25) is 19.3 Å². The Hall–Kier alpha value is -2.41. The highest BCUT2D eigenvalue weighted by Gasteiger charge is 2.24. The fourth-order valence-corrected chi connectivity index (χ4v) is 3.94. The summed E-state index contributed by atoms with van der Waals surface area (Å²) in [5.41, 5.74) is 0.655. The average Bonchev–Trinajstić information content (AvgIpc) is 3.07. The first-order chi connectivity index (χ1) is 14.6. The largest absolute Gasteiger partial charge is 0.484 e. The number of ketones is 1. The molecule has 0 aliphatic carbocycles. The molecule has 1 aromatic rings. The number of benzene rings is 1. The van der Waals surface area contributed by atoms with E-state index in [2.05, 4.69) is 4.90 Å². The number of hydrogen-bond acceptors (Lipinski definition) is 5. The molecule has 2 aliphatic heterocycles. The fraction of sp³-hybridized carbons (Fsp3) is 0.609. The molecule has 0 radical (unpaired) electrons. The van der Waals surface area contributed by atoms with Crippen molar-refractivity contribution in [3.05, 3.63) is 29.8 Å². The summed E-state index contributed by atoms with van der Waals surface area (Å²) in [5, 5.41) is 0. The third-order valence-corrected chi connectivity index (χ3v) is 5.90. The summed E-state index contributed by atoms with van der Waals surface area (Å²) in [6, 6.07) is 6.91. The van der Waals surface area contributed by atoms with E-state index in [1.54, 1.807) is 29.2 Å². The van der Waals surface area contributed by atoms with E-state index in [9.17, 15) is 14.4 Å². The van der Waals surface area contributed by atoms with Gasteiger partial charge < -0.3 is 14.5 Å². The highest BCUT2D eigenvalue weighted by atomic mass is 16.5. The van der Waals surface area contributed by atoms with Gasteiger partial charge in [-0.2, -0.15) is 0 Å². The van der Waals surface area contributed by atoms with Crippen LogP contribution in [0.25, 0.3) is 0 Å². The van der Waals surface area contributed by atoms with E-state index < -0.39 is 0 Å². The van der Waals surface area contributed by atoms with Gasteiger partial charge in [0.25, 0.3) is 5.91 Å². The molecule has 0 bridgehead atoms. The molecular weight excluding hydrogens is 382 g/mol. The van der Waals surface area contributed by atoms with E-state index in [1.165, 1.54) is 12.8 Å². The minimum Gasteiger partial charge on any atom is -0.484 e. The van der Waals surface area contributed by atoms with Crippen LogP contribution < -0.4 is 4.74 Å². The van der Waals surface area contributed by atoms with Gasteiger partial charge in [0.1, 0.15) is 5.75 Å². The Morgan fingerprint density at radius 3 is 2.00 bits per heavy atom. The van der Waals surface area contributed by atoms with E-state index in [-0.39, 0.29) is 24.2 Å². The molecule has 3 rings (SSSR count). The Morgan fingerprint density at radius 1 is 0.800 bits per heavy atom. The SMILES string of the molecule is CCC(=O)c1ccc(OCC(=O)N2CCN(CC(=O)N3CCCCCC3)CC2)cc1.